The molecule has 0 radical (unpaired) electrons. The summed E-state index contributed by atoms with van der Waals surface area (Å²) in [5, 5.41) is 12.5. The van der Waals surface area contributed by atoms with Crippen LogP contribution in [0.4, 0.5) is 0 Å². The topological polar surface area (TPSA) is 109 Å². The molecule has 9 heteroatoms. The molecule has 1 fully saturated rings. The third-order valence-electron chi connectivity index (χ3n) is 5.32. The predicted octanol–water partition coefficient (Wildman–Crippen LogP) is 1.21. The van der Waals surface area contributed by atoms with Gasteiger partial charge in [-0.25, -0.2) is 8.42 Å². The number of amides is 1. The summed E-state index contributed by atoms with van der Waals surface area (Å²) in [5.74, 6) is 0.165. The van der Waals surface area contributed by atoms with Gasteiger partial charge in [0, 0.05) is 31.4 Å². The number of nitrogens with zero attached hydrogens (tertiary/aromatic N) is 2. The molecule has 0 aliphatic carbocycles. The number of nitrogens with one attached hydrogen (secondary N) is 1. The Morgan fingerprint density at radius 2 is 1.83 bits per heavy atom. The third-order valence-corrected chi connectivity index (χ3v) is 7.23. The molecule has 2 heterocycles. The number of ether oxygens (including phenoxy) is 1. The van der Waals surface area contributed by atoms with Gasteiger partial charge in [0.1, 0.15) is 5.75 Å². The lowest BCUT2D eigenvalue weighted by atomic mass is 9.96. The standard InChI is InChI=1S/C21H27N3O5S/c1-29-19-2-4-20(5-3-19)30(27,28)24-12-8-17(9-13-24)21(26)23-18(15-25)14-16-6-10-22-11-7-16/h2-7,10-11,17-18,25H,8-9,12-15H2,1H3,(H,23,26)/t18-/m0/s1. The van der Waals surface area contributed by atoms with Crippen LogP contribution >= 0.6 is 0 Å². The summed E-state index contributed by atoms with van der Waals surface area (Å²) in [7, 11) is -2.08. The molecule has 1 aliphatic heterocycles. The highest BCUT2D eigenvalue weighted by Gasteiger charge is 2.32. The average molecular weight is 434 g/mol. The molecule has 2 N–H and O–H groups in total. The molecule has 3 rings (SSSR count). The molecule has 30 heavy (non-hydrogen) atoms. The second-order valence-electron chi connectivity index (χ2n) is 7.30. The zero-order valence-corrected chi connectivity index (χ0v) is 17.7. The number of aliphatic hydroxyl groups is 1. The number of hydrogen-bond donors (Lipinski definition) is 2. The Hall–Kier alpha value is -2.49. The maximum atomic E-state index is 12.8. The second-order valence-corrected chi connectivity index (χ2v) is 9.24. The number of aromatic nitrogens is 1. The zero-order chi connectivity index (χ0) is 21.6. The number of carbonyl (C=O) groups is 1. The summed E-state index contributed by atoms with van der Waals surface area (Å²) < 4.78 is 32.2. The summed E-state index contributed by atoms with van der Waals surface area (Å²) in [6.07, 6.45) is 4.73. The van der Waals surface area contributed by atoms with E-state index in [1.165, 1.54) is 23.5 Å². The van der Waals surface area contributed by atoms with E-state index in [1.54, 1.807) is 24.5 Å². The highest BCUT2D eigenvalue weighted by Crippen LogP contribution is 2.25. The van der Waals surface area contributed by atoms with Gasteiger partial charge >= 0.3 is 0 Å². The van der Waals surface area contributed by atoms with Crippen LogP contribution in [0.3, 0.4) is 0 Å². The maximum absolute atomic E-state index is 12.8. The molecule has 1 amide bonds. The minimum Gasteiger partial charge on any atom is -0.497 e. The Balaban J connectivity index is 1.55. The number of pyridine rings is 1. The summed E-state index contributed by atoms with van der Waals surface area (Å²) in [4.78, 5) is 16.8. The lowest BCUT2D eigenvalue weighted by Crippen LogP contribution is -2.46. The van der Waals surface area contributed by atoms with Crippen LogP contribution in [-0.2, 0) is 21.2 Å². The first kappa shape index (κ1) is 22.2. The number of hydrogen-bond acceptors (Lipinski definition) is 6. The summed E-state index contributed by atoms with van der Waals surface area (Å²) in [6.45, 7) is 0.389. The molecule has 0 unspecified atom stereocenters. The molecule has 1 atom stereocenters. The predicted molar refractivity (Wildman–Crippen MR) is 111 cm³/mol. The van der Waals surface area contributed by atoms with Gasteiger partial charge in [-0.2, -0.15) is 4.31 Å². The minimum absolute atomic E-state index is 0.149. The summed E-state index contributed by atoms with van der Waals surface area (Å²) >= 11 is 0. The fraction of sp³-hybridized carbons (Fsp3) is 0.429. The van der Waals surface area contributed by atoms with Crippen LogP contribution in [0.15, 0.2) is 53.7 Å². The van der Waals surface area contributed by atoms with E-state index in [0.29, 0.717) is 25.0 Å². The van der Waals surface area contributed by atoms with E-state index >= 15 is 0 Å². The first-order valence-corrected chi connectivity index (χ1v) is 11.3. The Kier molecular flexibility index (Phi) is 7.41. The van der Waals surface area contributed by atoms with Gasteiger partial charge in [-0.1, -0.05) is 0 Å². The fourth-order valence-corrected chi connectivity index (χ4v) is 5.01. The number of aliphatic hydroxyl groups excluding tert-OH is 1. The molecule has 8 nitrogen and oxygen atoms in total. The van der Waals surface area contributed by atoms with Crippen LogP contribution in [-0.4, -0.2) is 61.6 Å². The van der Waals surface area contributed by atoms with E-state index < -0.39 is 10.0 Å². The Bertz CT molecular complexity index is 927. The van der Waals surface area contributed by atoms with Gasteiger partial charge in [0.2, 0.25) is 15.9 Å². The van der Waals surface area contributed by atoms with Crippen molar-refractivity contribution in [1.29, 1.82) is 0 Å². The van der Waals surface area contributed by atoms with Crippen molar-refractivity contribution < 1.29 is 23.1 Å². The van der Waals surface area contributed by atoms with E-state index in [2.05, 4.69) is 10.3 Å². The van der Waals surface area contributed by atoms with E-state index in [4.69, 9.17) is 4.74 Å². The summed E-state index contributed by atoms with van der Waals surface area (Å²) in [5.41, 5.74) is 0.977. The van der Waals surface area contributed by atoms with Crippen LogP contribution in [0.25, 0.3) is 0 Å². The van der Waals surface area contributed by atoms with Crippen molar-refractivity contribution >= 4 is 15.9 Å². The molecular formula is C21H27N3O5S. The molecule has 1 aliphatic rings. The van der Waals surface area contributed by atoms with Crippen LogP contribution in [0.1, 0.15) is 18.4 Å². The van der Waals surface area contributed by atoms with Gasteiger partial charge in [-0.15, -0.1) is 0 Å². The third kappa shape index (κ3) is 5.35. The van der Waals surface area contributed by atoms with Crippen LogP contribution in [0, 0.1) is 5.92 Å². The minimum atomic E-state index is -3.60. The lowest BCUT2D eigenvalue weighted by Gasteiger charge is -2.31. The van der Waals surface area contributed by atoms with Gasteiger partial charge < -0.3 is 15.2 Å². The number of sulfonamides is 1. The molecule has 1 aromatic carbocycles. The highest BCUT2D eigenvalue weighted by atomic mass is 32.2. The maximum Gasteiger partial charge on any atom is 0.243 e. The Morgan fingerprint density at radius 1 is 1.20 bits per heavy atom. The van der Waals surface area contributed by atoms with Crippen molar-refractivity contribution in [3.05, 3.63) is 54.4 Å². The van der Waals surface area contributed by atoms with Crippen LogP contribution in [0.5, 0.6) is 5.75 Å². The van der Waals surface area contributed by atoms with Gasteiger partial charge in [0.25, 0.3) is 0 Å². The first-order valence-electron chi connectivity index (χ1n) is 9.88. The van der Waals surface area contributed by atoms with Crippen molar-refractivity contribution in [2.24, 2.45) is 5.92 Å². The van der Waals surface area contributed by atoms with Crippen molar-refractivity contribution in [2.75, 3.05) is 26.8 Å². The number of piperidine rings is 1. The van der Waals surface area contributed by atoms with E-state index in [0.717, 1.165) is 5.56 Å². The van der Waals surface area contributed by atoms with Gasteiger partial charge in [-0.05, 0) is 61.2 Å². The number of carbonyl (C=O) groups excluding carboxylic acids is 1. The van der Waals surface area contributed by atoms with Gasteiger partial charge in [0.15, 0.2) is 0 Å². The van der Waals surface area contributed by atoms with Crippen LogP contribution in [0.2, 0.25) is 0 Å². The van der Waals surface area contributed by atoms with Crippen molar-refractivity contribution in [2.45, 2.75) is 30.2 Å². The summed E-state index contributed by atoms with van der Waals surface area (Å²) in [6, 6.07) is 9.58. The molecule has 162 valence electrons. The smallest absolute Gasteiger partial charge is 0.243 e. The van der Waals surface area contributed by atoms with E-state index in [1.807, 2.05) is 12.1 Å². The van der Waals surface area contributed by atoms with Crippen molar-refractivity contribution in [3.63, 3.8) is 0 Å². The highest BCUT2D eigenvalue weighted by molar-refractivity contribution is 7.89. The second kappa shape index (κ2) is 10.0. The van der Waals surface area contributed by atoms with Crippen molar-refractivity contribution in [3.8, 4) is 5.75 Å². The van der Waals surface area contributed by atoms with Gasteiger partial charge in [-0.3, -0.25) is 9.78 Å². The van der Waals surface area contributed by atoms with Crippen LogP contribution < -0.4 is 10.1 Å². The average Bonchev–Trinajstić information content (AvgIpc) is 2.79. The number of benzene rings is 1. The molecule has 1 aromatic heterocycles. The molecule has 0 spiro atoms. The number of rotatable bonds is 8. The molecule has 0 saturated carbocycles. The molecule has 0 bridgehead atoms. The number of methoxy groups -OCH3 is 1. The van der Waals surface area contributed by atoms with E-state index in [9.17, 15) is 18.3 Å². The largest absolute Gasteiger partial charge is 0.497 e. The Morgan fingerprint density at radius 3 is 2.40 bits per heavy atom. The van der Waals surface area contributed by atoms with E-state index in [-0.39, 0.29) is 42.5 Å². The van der Waals surface area contributed by atoms with Gasteiger partial charge in [0.05, 0.1) is 24.7 Å². The monoisotopic (exact) mass is 433 g/mol. The molecular weight excluding hydrogens is 406 g/mol. The zero-order valence-electron chi connectivity index (χ0n) is 16.9. The molecule has 1 saturated heterocycles. The Labute approximate surface area is 176 Å². The quantitative estimate of drug-likeness (QED) is 0.648. The van der Waals surface area contributed by atoms with Crippen molar-refractivity contribution in [1.82, 2.24) is 14.6 Å². The SMILES string of the molecule is COc1ccc(S(=O)(=O)N2CCC(C(=O)N[C@H](CO)Cc3ccncc3)CC2)cc1. The first-order chi connectivity index (χ1) is 14.4. The fourth-order valence-electron chi connectivity index (χ4n) is 3.54. The molecule has 2 aromatic rings. The lowest BCUT2D eigenvalue weighted by molar-refractivity contribution is -0.127. The normalized spacial score (nSPS) is 16.7.